The van der Waals surface area contributed by atoms with Crippen LogP contribution < -0.4 is 5.32 Å². The van der Waals surface area contributed by atoms with Crippen LogP contribution in [-0.2, 0) is 11.3 Å². The summed E-state index contributed by atoms with van der Waals surface area (Å²) < 4.78 is 7.08. The van der Waals surface area contributed by atoms with Crippen LogP contribution in [0.15, 0.2) is 36.4 Å². The van der Waals surface area contributed by atoms with Crippen LogP contribution in [0.3, 0.4) is 0 Å². The molecule has 216 valence electrons. The lowest BCUT2D eigenvalue weighted by atomic mass is 9.98. The Bertz CT molecular complexity index is 1260. The molecular weight excluding hydrogens is 508 g/mol. The molecule has 0 unspecified atom stereocenters. The van der Waals surface area contributed by atoms with Gasteiger partial charge in [-0.05, 0) is 61.3 Å². The van der Waals surface area contributed by atoms with Crippen LogP contribution in [0.2, 0.25) is 0 Å². The van der Waals surface area contributed by atoms with Gasteiger partial charge in [-0.1, -0.05) is 39.8 Å². The van der Waals surface area contributed by atoms with Gasteiger partial charge in [-0.25, -0.2) is 0 Å². The van der Waals surface area contributed by atoms with E-state index in [4.69, 9.17) is 4.74 Å². The highest BCUT2D eigenvalue weighted by Gasteiger charge is 2.24. The van der Waals surface area contributed by atoms with Crippen molar-refractivity contribution in [3.63, 3.8) is 0 Å². The van der Waals surface area contributed by atoms with Gasteiger partial charge >= 0.3 is 0 Å². The third-order valence-electron chi connectivity index (χ3n) is 7.41. The minimum Gasteiger partial charge on any atom is -0.508 e. The number of hydrogen-bond acceptors (Lipinski definition) is 8. The van der Waals surface area contributed by atoms with Crippen molar-refractivity contribution in [1.29, 1.82) is 0 Å². The first-order valence-electron chi connectivity index (χ1n) is 14.2. The zero-order valence-electron chi connectivity index (χ0n) is 24.1. The van der Waals surface area contributed by atoms with Crippen molar-refractivity contribution in [2.24, 2.45) is 0 Å². The molecule has 10 nitrogen and oxygen atoms in total. The van der Waals surface area contributed by atoms with Gasteiger partial charge in [0, 0.05) is 37.9 Å². The van der Waals surface area contributed by atoms with Crippen molar-refractivity contribution >= 4 is 5.91 Å². The molecule has 10 heteroatoms. The molecule has 0 saturated carbocycles. The number of amides is 1. The number of ether oxygens (including phenoxy) is 1. The van der Waals surface area contributed by atoms with E-state index in [1.807, 2.05) is 38.1 Å². The predicted octanol–water partition coefficient (Wildman–Crippen LogP) is 3.76. The maximum absolute atomic E-state index is 13.4. The van der Waals surface area contributed by atoms with Gasteiger partial charge in [0.1, 0.15) is 11.5 Å². The van der Waals surface area contributed by atoms with Gasteiger partial charge in [0.05, 0.1) is 18.8 Å². The van der Waals surface area contributed by atoms with Gasteiger partial charge in [0.25, 0.3) is 5.91 Å². The number of aromatic hydroxyl groups is 2. The molecule has 0 bridgehead atoms. The van der Waals surface area contributed by atoms with Gasteiger partial charge in [0.2, 0.25) is 5.82 Å². The number of hydrogen-bond donors (Lipinski definition) is 3. The van der Waals surface area contributed by atoms with E-state index >= 15 is 0 Å². The lowest BCUT2D eigenvalue weighted by Gasteiger charge is -2.26. The Morgan fingerprint density at radius 1 is 1.05 bits per heavy atom. The van der Waals surface area contributed by atoms with Gasteiger partial charge in [-0.2, -0.15) is 0 Å². The number of carbonyl (C=O) groups excluding carboxylic acids is 1. The molecule has 1 aliphatic heterocycles. The molecule has 1 amide bonds. The fraction of sp³-hybridized carbons (Fsp3) is 0.500. The molecule has 2 aromatic carbocycles. The molecule has 1 fully saturated rings. The molecule has 2 heterocycles. The standard InChI is InChI=1S/C30H42N6O4/c1-5-34(6-2)20-22-8-10-23(11-9-22)36-28(25-18-24(21(3)4)26(37)19-27(25)38)32-33-29(36)30(39)31-12-7-13-35-14-16-40-17-15-35/h8-11,18-19,21,37-38H,5-7,12-17,20H2,1-4H3,(H,31,39). The van der Waals surface area contributed by atoms with Gasteiger partial charge < -0.3 is 20.3 Å². The Labute approximate surface area is 236 Å². The molecule has 0 radical (unpaired) electrons. The molecule has 40 heavy (non-hydrogen) atoms. The first-order chi connectivity index (χ1) is 19.3. The molecule has 1 aromatic heterocycles. The number of phenols is 2. The molecule has 0 atom stereocenters. The number of carbonyl (C=O) groups is 1. The zero-order valence-corrected chi connectivity index (χ0v) is 24.1. The van der Waals surface area contributed by atoms with Crippen molar-refractivity contribution in [2.45, 2.75) is 46.6 Å². The maximum atomic E-state index is 13.4. The molecule has 0 aliphatic carbocycles. The topological polar surface area (TPSA) is 116 Å². The maximum Gasteiger partial charge on any atom is 0.289 e. The number of phenolic OH excluding ortho intramolecular Hbond substituents is 2. The Morgan fingerprint density at radius 2 is 1.75 bits per heavy atom. The number of morpholine rings is 1. The van der Waals surface area contributed by atoms with E-state index in [1.54, 1.807) is 10.6 Å². The highest BCUT2D eigenvalue weighted by atomic mass is 16.5. The minimum absolute atomic E-state index is 0.0151. The van der Waals surface area contributed by atoms with Gasteiger partial charge in [-0.3, -0.25) is 19.2 Å². The highest BCUT2D eigenvalue weighted by Crippen LogP contribution is 2.38. The van der Waals surface area contributed by atoms with E-state index in [0.717, 1.165) is 64.5 Å². The monoisotopic (exact) mass is 550 g/mol. The number of aromatic nitrogens is 3. The summed E-state index contributed by atoms with van der Waals surface area (Å²) in [7, 11) is 0. The summed E-state index contributed by atoms with van der Waals surface area (Å²) in [5.74, 6) is 0.0258. The van der Waals surface area contributed by atoms with Crippen molar-refractivity contribution in [2.75, 3.05) is 52.5 Å². The number of rotatable bonds is 12. The fourth-order valence-corrected chi connectivity index (χ4v) is 4.95. The van der Waals surface area contributed by atoms with Crippen molar-refractivity contribution in [3.05, 3.63) is 53.3 Å². The predicted molar refractivity (Wildman–Crippen MR) is 155 cm³/mol. The summed E-state index contributed by atoms with van der Waals surface area (Å²) in [5, 5.41) is 32.8. The number of benzene rings is 2. The largest absolute Gasteiger partial charge is 0.508 e. The second kappa shape index (κ2) is 13.7. The average Bonchev–Trinajstić information content (AvgIpc) is 3.39. The fourth-order valence-electron chi connectivity index (χ4n) is 4.95. The first-order valence-corrected chi connectivity index (χ1v) is 14.2. The van der Waals surface area contributed by atoms with E-state index in [1.165, 1.54) is 6.07 Å². The summed E-state index contributed by atoms with van der Waals surface area (Å²) >= 11 is 0. The Balaban J connectivity index is 1.64. The first kappa shape index (κ1) is 29.5. The third kappa shape index (κ3) is 6.99. The Hall–Kier alpha value is -3.47. The van der Waals surface area contributed by atoms with Crippen molar-refractivity contribution in [1.82, 2.24) is 29.9 Å². The molecule has 1 saturated heterocycles. The Morgan fingerprint density at radius 3 is 2.40 bits per heavy atom. The summed E-state index contributed by atoms with van der Waals surface area (Å²) in [6, 6.07) is 11.0. The van der Waals surface area contributed by atoms with Crippen LogP contribution in [0.25, 0.3) is 17.1 Å². The van der Waals surface area contributed by atoms with Crippen molar-refractivity contribution < 1.29 is 19.7 Å². The molecule has 3 N–H and O–H groups in total. The van der Waals surface area contributed by atoms with Crippen LogP contribution in [0.1, 0.15) is 61.8 Å². The van der Waals surface area contributed by atoms with Crippen molar-refractivity contribution in [3.8, 4) is 28.6 Å². The molecular formula is C30H42N6O4. The lowest BCUT2D eigenvalue weighted by Crippen LogP contribution is -2.38. The number of nitrogens with one attached hydrogen (secondary N) is 1. The molecule has 3 aromatic rings. The van der Waals surface area contributed by atoms with Crippen LogP contribution >= 0.6 is 0 Å². The summed E-state index contributed by atoms with van der Waals surface area (Å²) in [5.41, 5.74) is 2.93. The summed E-state index contributed by atoms with van der Waals surface area (Å²) in [6.07, 6.45) is 0.809. The molecule has 4 rings (SSSR count). The SMILES string of the molecule is CCN(CC)Cc1ccc(-n2c(C(=O)NCCCN3CCOCC3)nnc2-c2cc(C(C)C)c(O)cc2O)cc1. The zero-order chi connectivity index (χ0) is 28.6. The van der Waals surface area contributed by atoms with Gasteiger partial charge in [0.15, 0.2) is 5.82 Å². The quantitative estimate of drug-likeness (QED) is 0.292. The number of nitrogens with zero attached hydrogens (tertiary/aromatic N) is 5. The molecule has 0 spiro atoms. The van der Waals surface area contributed by atoms with Crippen LogP contribution in [0.4, 0.5) is 0 Å². The van der Waals surface area contributed by atoms with E-state index < -0.39 is 0 Å². The van der Waals surface area contributed by atoms with Crippen LogP contribution in [-0.4, -0.2) is 93.2 Å². The van der Waals surface area contributed by atoms with E-state index in [-0.39, 0.29) is 29.1 Å². The second-order valence-electron chi connectivity index (χ2n) is 10.5. The van der Waals surface area contributed by atoms with E-state index in [2.05, 4.69) is 39.2 Å². The van der Waals surface area contributed by atoms with E-state index in [9.17, 15) is 15.0 Å². The normalized spacial score (nSPS) is 14.2. The minimum atomic E-state index is -0.338. The summed E-state index contributed by atoms with van der Waals surface area (Å²) in [4.78, 5) is 18.0. The highest BCUT2D eigenvalue weighted by molar-refractivity contribution is 5.92. The average molecular weight is 551 g/mol. The molecule has 1 aliphatic rings. The Kier molecular flexibility index (Phi) is 10.1. The smallest absolute Gasteiger partial charge is 0.289 e. The summed E-state index contributed by atoms with van der Waals surface area (Å²) in [6.45, 7) is 15.6. The third-order valence-corrected chi connectivity index (χ3v) is 7.41. The van der Waals surface area contributed by atoms with Crippen LogP contribution in [0, 0.1) is 0 Å². The van der Waals surface area contributed by atoms with Crippen LogP contribution in [0.5, 0.6) is 11.5 Å². The van der Waals surface area contributed by atoms with E-state index in [0.29, 0.717) is 29.2 Å². The van der Waals surface area contributed by atoms with Gasteiger partial charge in [-0.15, -0.1) is 10.2 Å². The lowest BCUT2D eigenvalue weighted by molar-refractivity contribution is 0.0374. The second-order valence-corrected chi connectivity index (χ2v) is 10.5.